The molecule has 0 unspecified atom stereocenters. The summed E-state index contributed by atoms with van der Waals surface area (Å²) >= 11 is 0. The highest BCUT2D eigenvalue weighted by Gasteiger charge is 2.04. The van der Waals surface area contributed by atoms with E-state index in [0.29, 0.717) is 25.2 Å². The van der Waals surface area contributed by atoms with Crippen LogP contribution in [0.4, 0.5) is 0 Å². The van der Waals surface area contributed by atoms with Crippen molar-refractivity contribution in [2.75, 3.05) is 0 Å². The second kappa shape index (κ2) is 5.11. The minimum atomic E-state index is -0.0344. The van der Waals surface area contributed by atoms with Crippen molar-refractivity contribution in [2.24, 2.45) is 0 Å². The fraction of sp³-hybridized carbons (Fsp3) is 0.300. The molecule has 6 nitrogen and oxygen atoms in total. The number of rotatable bonds is 5. The molecule has 0 aliphatic carbocycles. The van der Waals surface area contributed by atoms with Crippen LogP contribution in [0.1, 0.15) is 18.0 Å². The lowest BCUT2D eigenvalue weighted by Gasteiger charge is -2.01. The van der Waals surface area contributed by atoms with Gasteiger partial charge in [-0.05, 0) is 12.1 Å². The van der Waals surface area contributed by atoms with Gasteiger partial charge in [-0.15, -0.1) is 0 Å². The summed E-state index contributed by atoms with van der Waals surface area (Å²) in [6.45, 7) is 0.372. The van der Waals surface area contributed by atoms with Crippen LogP contribution in [-0.2, 0) is 17.8 Å². The third-order valence-corrected chi connectivity index (χ3v) is 2.10. The molecular weight excluding hydrogens is 208 g/mol. The van der Waals surface area contributed by atoms with E-state index in [1.165, 1.54) is 6.33 Å². The van der Waals surface area contributed by atoms with E-state index in [1.54, 1.807) is 6.26 Å². The molecule has 2 N–H and O–H groups in total. The summed E-state index contributed by atoms with van der Waals surface area (Å²) in [5.74, 6) is 1.42. The summed E-state index contributed by atoms with van der Waals surface area (Å²) in [5.41, 5.74) is 0. The first kappa shape index (κ1) is 10.4. The zero-order valence-electron chi connectivity index (χ0n) is 8.64. The second-order valence-electron chi connectivity index (χ2n) is 3.29. The van der Waals surface area contributed by atoms with Crippen LogP contribution in [0.2, 0.25) is 0 Å². The minimum absolute atomic E-state index is 0.0344. The van der Waals surface area contributed by atoms with Gasteiger partial charge < -0.3 is 9.73 Å². The number of carbonyl (C=O) groups is 1. The molecular formula is C10H12N4O2. The van der Waals surface area contributed by atoms with Crippen molar-refractivity contribution >= 4 is 5.91 Å². The topological polar surface area (TPSA) is 83.8 Å². The van der Waals surface area contributed by atoms with Crippen molar-refractivity contribution in [1.82, 2.24) is 20.5 Å². The third kappa shape index (κ3) is 2.94. The molecule has 0 bridgehead atoms. The first-order valence-electron chi connectivity index (χ1n) is 4.98. The summed E-state index contributed by atoms with van der Waals surface area (Å²) in [4.78, 5) is 15.3. The average Bonchev–Trinajstić information content (AvgIpc) is 2.96. The molecule has 84 valence electrons. The SMILES string of the molecule is O=C(CCc1ccco1)NCc1ncn[nH]1. The van der Waals surface area contributed by atoms with Gasteiger partial charge in [0.1, 0.15) is 17.9 Å². The highest BCUT2D eigenvalue weighted by molar-refractivity contribution is 5.75. The molecule has 0 atom stereocenters. The van der Waals surface area contributed by atoms with Gasteiger partial charge in [0.2, 0.25) is 5.91 Å². The first-order chi connectivity index (χ1) is 7.84. The molecule has 0 radical (unpaired) electrons. The maximum Gasteiger partial charge on any atom is 0.220 e. The van der Waals surface area contributed by atoms with Crippen molar-refractivity contribution in [3.05, 3.63) is 36.3 Å². The number of carbonyl (C=O) groups excluding carboxylic acids is 1. The third-order valence-electron chi connectivity index (χ3n) is 2.10. The van der Waals surface area contributed by atoms with Crippen LogP contribution in [0.5, 0.6) is 0 Å². The number of nitrogens with one attached hydrogen (secondary N) is 2. The van der Waals surface area contributed by atoms with Crippen molar-refractivity contribution in [3.8, 4) is 0 Å². The predicted octanol–water partition coefficient (Wildman–Crippen LogP) is 0.647. The first-order valence-corrected chi connectivity index (χ1v) is 4.98. The summed E-state index contributed by atoms with van der Waals surface area (Å²) in [6.07, 6.45) is 4.02. The lowest BCUT2D eigenvalue weighted by molar-refractivity contribution is -0.121. The predicted molar refractivity (Wildman–Crippen MR) is 55.3 cm³/mol. The number of nitrogens with zero attached hydrogens (tertiary/aromatic N) is 2. The lowest BCUT2D eigenvalue weighted by Crippen LogP contribution is -2.23. The Hall–Kier alpha value is -2.11. The smallest absolute Gasteiger partial charge is 0.220 e. The fourth-order valence-electron chi connectivity index (χ4n) is 1.28. The van der Waals surface area contributed by atoms with Gasteiger partial charge in [0, 0.05) is 12.8 Å². The van der Waals surface area contributed by atoms with Crippen LogP contribution < -0.4 is 5.32 Å². The molecule has 0 aromatic carbocycles. The molecule has 2 rings (SSSR count). The van der Waals surface area contributed by atoms with E-state index in [0.717, 1.165) is 5.76 Å². The fourth-order valence-corrected chi connectivity index (χ4v) is 1.28. The van der Waals surface area contributed by atoms with Gasteiger partial charge in [-0.2, -0.15) is 5.10 Å². The van der Waals surface area contributed by atoms with E-state index >= 15 is 0 Å². The number of H-pyrrole nitrogens is 1. The molecule has 0 spiro atoms. The number of furan rings is 1. The Morgan fingerprint density at radius 2 is 2.50 bits per heavy atom. The average molecular weight is 220 g/mol. The van der Waals surface area contributed by atoms with Crippen molar-refractivity contribution < 1.29 is 9.21 Å². The van der Waals surface area contributed by atoms with Crippen molar-refractivity contribution in [3.63, 3.8) is 0 Å². The highest BCUT2D eigenvalue weighted by Crippen LogP contribution is 2.03. The van der Waals surface area contributed by atoms with Gasteiger partial charge >= 0.3 is 0 Å². The number of aromatic nitrogens is 3. The van der Waals surface area contributed by atoms with E-state index in [9.17, 15) is 4.79 Å². The molecule has 2 aromatic rings. The highest BCUT2D eigenvalue weighted by atomic mass is 16.3. The van der Waals surface area contributed by atoms with Crippen LogP contribution in [0.15, 0.2) is 29.1 Å². The van der Waals surface area contributed by atoms with Crippen molar-refractivity contribution in [2.45, 2.75) is 19.4 Å². The van der Waals surface area contributed by atoms with E-state index in [2.05, 4.69) is 20.5 Å². The van der Waals surface area contributed by atoms with Gasteiger partial charge in [-0.25, -0.2) is 4.98 Å². The Bertz CT molecular complexity index is 381. The molecule has 2 aromatic heterocycles. The van der Waals surface area contributed by atoms with E-state index in [1.807, 2.05) is 12.1 Å². The van der Waals surface area contributed by atoms with Gasteiger partial charge in [-0.1, -0.05) is 0 Å². The Kier molecular flexibility index (Phi) is 3.32. The molecule has 2 heterocycles. The van der Waals surface area contributed by atoms with E-state index in [-0.39, 0.29) is 5.91 Å². The zero-order valence-corrected chi connectivity index (χ0v) is 8.64. The molecule has 6 heteroatoms. The zero-order chi connectivity index (χ0) is 11.2. The molecule has 0 fully saturated rings. The maximum atomic E-state index is 11.4. The van der Waals surface area contributed by atoms with Crippen LogP contribution in [-0.4, -0.2) is 21.1 Å². The van der Waals surface area contributed by atoms with Crippen LogP contribution in [0.25, 0.3) is 0 Å². The van der Waals surface area contributed by atoms with Gasteiger partial charge in [0.15, 0.2) is 0 Å². The largest absolute Gasteiger partial charge is 0.469 e. The quantitative estimate of drug-likeness (QED) is 0.774. The Morgan fingerprint density at radius 1 is 1.56 bits per heavy atom. The van der Waals surface area contributed by atoms with Gasteiger partial charge in [-0.3, -0.25) is 9.89 Å². The molecule has 0 aliphatic heterocycles. The van der Waals surface area contributed by atoms with Gasteiger partial charge in [0.25, 0.3) is 0 Å². The lowest BCUT2D eigenvalue weighted by atomic mass is 10.2. The number of aromatic amines is 1. The summed E-state index contributed by atoms with van der Waals surface area (Å²) in [6, 6.07) is 3.66. The second-order valence-corrected chi connectivity index (χ2v) is 3.29. The standard InChI is InChI=1S/C10H12N4O2/c15-10(4-3-8-2-1-5-16-8)11-6-9-12-7-13-14-9/h1-2,5,7H,3-4,6H2,(H,11,15)(H,12,13,14). The van der Waals surface area contributed by atoms with Crippen molar-refractivity contribution in [1.29, 1.82) is 0 Å². The number of hydrogen-bond acceptors (Lipinski definition) is 4. The van der Waals surface area contributed by atoms with E-state index < -0.39 is 0 Å². The van der Waals surface area contributed by atoms with Gasteiger partial charge in [0.05, 0.1) is 12.8 Å². The maximum absolute atomic E-state index is 11.4. The molecule has 1 amide bonds. The number of amides is 1. The normalized spacial score (nSPS) is 10.2. The molecule has 0 aliphatic rings. The van der Waals surface area contributed by atoms with E-state index in [4.69, 9.17) is 4.42 Å². The Balaban J connectivity index is 1.69. The molecule has 0 saturated heterocycles. The molecule has 0 saturated carbocycles. The van der Waals surface area contributed by atoms with Crippen LogP contribution >= 0.6 is 0 Å². The number of hydrogen-bond donors (Lipinski definition) is 2. The summed E-state index contributed by atoms with van der Waals surface area (Å²) in [5, 5.41) is 9.09. The molecule has 16 heavy (non-hydrogen) atoms. The van der Waals surface area contributed by atoms with Crippen LogP contribution in [0, 0.1) is 0 Å². The summed E-state index contributed by atoms with van der Waals surface area (Å²) < 4.78 is 5.13. The number of aryl methyl sites for hydroxylation is 1. The Labute approximate surface area is 92.1 Å². The minimum Gasteiger partial charge on any atom is -0.469 e. The monoisotopic (exact) mass is 220 g/mol. The summed E-state index contributed by atoms with van der Waals surface area (Å²) in [7, 11) is 0. The van der Waals surface area contributed by atoms with Crippen LogP contribution in [0.3, 0.4) is 0 Å². The Morgan fingerprint density at radius 3 is 3.19 bits per heavy atom.